The van der Waals surface area contributed by atoms with Crippen LogP contribution in [0.4, 0.5) is 0 Å². The van der Waals surface area contributed by atoms with Gasteiger partial charge in [0.25, 0.3) is 0 Å². The monoisotopic (exact) mass is 276 g/mol. The number of amides is 1. The second-order valence-electron chi connectivity index (χ2n) is 4.53. The van der Waals surface area contributed by atoms with Crippen LogP contribution in [0.25, 0.3) is 0 Å². The highest BCUT2D eigenvalue weighted by Crippen LogP contribution is 2.26. The molecule has 0 saturated carbocycles. The van der Waals surface area contributed by atoms with Gasteiger partial charge in [0.1, 0.15) is 0 Å². The Morgan fingerprint density at radius 2 is 2.24 bits per heavy atom. The van der Waals surface area contributed by atoms with Crippen LogP contribution in [0.15, 0.2) is 17.5 Å². The normalized spacial score (nSPS) is 10.8. The molecule has 3 nitrogen and oxygen atoms in total. The first kappa shape index (κ1) is 16.4. The summed E-state index contributed by atoms with van der Waals surface area (Å²) in [7, 11) is 0. The molecule has 0 spiro atoms. The quantitative estimate of drug-likeness (QED) is 0.838. The third-order valence-electron chi connectivity index (χ3n) is 2.52. The maximum atomic E-state index is 11.5. The molecule has 0 aliphatic rings. The topological polar surface area (TPSA) is 55.1 Å². The molecule has 1 heterocycles. The molecule has 1 rings (SSSR count). The standard InChI is InChI=1S/C12H20N2OS.ClH/c1-12(2,10-5-4-8-16-10)9-14-11(15)6-3-7-13;/h4-5,8H,3,6-7,9,13H2,1-2H3,(H,14,15);1H. The van der Waals surface area contributed by atoms with Gasteiger partial charge >= 0.3 is 0 Å². The SMILES string of the molecule is CC(C)(CNC(=O)CCCN)c1cccs1.Cl. The van der Waals surface area contributed by atoms with Gasteiger partial charge in [0, 0.05) is 23.3 Å². The summed E-state index contributed by atoms with van der Waals surface area (Å²) in [5, 5.41) is 5.02. The van der Waals surface area contributed by atoms with Crippen molar-refractivity contribution in [1.29, 1.82) is 0 Å². The molecule has 0 fully saturated rings. The van der Waals surface area contributed by atoms with E-state index in [2.05, 4.69) is 30.6 Å². The molecule has 1 aromatic heterocycles. The van der Waals surface area contributed by atoms with Gasteiger partial charge in [-0.1, -0.05) is 19.9 Å². The summed E-state index contributed by atoms with van der Waals surface area (Å²) < 4.78 is 0. The lowest BCUT2D eigenvalue weighted by Gasteiger charge is -2.23. The van der Waals surface area contributed by atoms with E-state index in [1.54, 1.807) is 11.3 Å². The lowest BCUT2D eigenvalue weighted by Crippen LogP contribution is -2.36. The minimum atomic E-state index is 0. The van der Waals surface area contributed by atoms with Crippen LogP contribution in [0.3, 0.4) is 0 Å². The summed E-state index contributed by atoms with van der Waals surface area (Å²) in [4.78, 5) is 12.8. The van der Waals surface area contributed by atoms with Crippen LogP contribution in [0.5, 0.6) is 0 Å². The lowest BCUT2D eigenvalue weighted by atomic mass is 9.91. The van der Waals surface area contributed by atoms with Crippen LogP contribution in [-0.2, 0) is 10.2 Å². The summed E-state index contributed by atoms with van der Waals surface area (Å²) in [6, 6.07) is 4.15. The molecule has 0 radical (unpaired) electrons. The molecular formula is C12H21ClN2OS. The van der Waals surface area contributed by atoms with Gasteiger partial charge in [-0.2, -0.15) is 0 Å². The van der Waals surface area contributed by atoms with Crippen molar-refractivity contribution in [3.63, 3.8) is 0 Å². The minimum Gasteiger partial charge on any atom is -0.355 e. The fraction of sp³-hybridized carbons (Fsp3) is 0.583. The van der Waals surface area contributed by atoms with Crippen LogP contribution in [0.2, 0.25) is 0 Å². The Labute approximate surface area is 113 Å². The Morgan fingerprint density at radius 1 is 1.53 bits per heavy atom. The fourth-order valence-corrected chi connectivity index (χ4v) is 2.27. The molecule has 1 amide bonds. The van der Waals surface area contributed by atoms with Crippen molar-refractivity contribution in [2.45, 2.75) is 32.1 Å². The summed E-state index contributed by atoms with van der Waals surface area (Å²) >= 11 is 1.73. The number of carbonyl (C=O) groups excluding carboxylic acids is 1. The second-order valence-corrected chi connectivity index (χ2v) is 5.48. The van der Waals surface area contributed by atoms with Gasteiger partial charge in [0.15, 0.2) is 0 Å². The molecule has 17 heavy (non-hydrogen) atoms. The van der Waals surface area contributed by atoms with Crippen molar-refractivity contribution in [2.24, 2.45) is 5.73 Å². The predicted molar refractivity (Wildman–Crippen MR) is 75.9 cm³/mol. The largest absolute Gasteiger partial charge is 0.355 e. The third-order valence-corrected chi connectivity index (χ3v) is 3.76. The molecule has 5 heteroatoms. The average Bonchev–Trinajstić information content (AvgIpc) is 2.77. The highest BCUT2D eigenvalue weighted by molar-refractivity contribution is 7.10. The van der Waals surface area contributed by atoms with E-state index in [-0.39, 0.29) is 23.7 Å². The van der Waals surface area contributed by atoms with Crippen LogP contribution < -0.4 is 11.1 Å². The van der Waals surface area contributed by atoms with Gasteiger partial charge in [-0.15, -0.1) is 23.7 Å². The van der Waals surface area contributed by atoms with Gasteiger partial charge in [-0.05, 0) is 24.4 Å². The molecule has 1 aromatic rings. The van der Waals surface area contributed by atoms with E-state index in [4.69, 9.17) is 5.73 Å². The molecule has 0 saturated heterocycles. The number of nitrogens with one attached hydrogen (secondary N) is 1. The van der Waals surface area contributed by atoms with E-state index in [1.165, 1.54) is 4.88 Å². The molecule has 0 aromatic carbocycles. The first-order chi connectivity index (χ1) is 7.56. The van der Waals surface area contributed by atoms with Gasteiger partial charge in [-0.3, -0.25) is 4.79 Å². The zero-order chi connectivity index (χ0) is 12.0. The third kappa shape index (κ3) is 5.52. The summed E-state index contributed by atoms with van der Waals surface area (Å²) in [6.45, 7) is 5.53. The summed E-state index contributed by atoms with van der Waals surface area (Å²) in [6.07, 6.45) is 1.28. The van der Waals surface area contributed by atoms with E-state index in [0.717, 1.165) is 6.42 Å². The predicted octanol–water partition coefficient (Wildman–Crippen LogP) is 2.30. The number of hydrogen-bond donors (Lipinski definition) is 2. The molecule has 3 N–H and O–H groups in total. The first-order valence-corrected chi connectivity index (χ1v) is 6.45. The Bertz CT molecular complexity index is 325. The average molecular weight is 277 g/mol. The van der Waals surface area contributed by atoms with Crippen molar-refractivity contribution in [3.05, 3.63) is 22.4 Å². The van der Waals surface area contributed by atoms with Gasteiger partial charge in [-0.25, -0.2) is 0 Å². The number of rotatable bonds is 6. The number of halogens is 1. The van der Waals surface area contributed by atoms with Crippen molar-refractivity contribution in [2.75, 3.05) is 13.1 Å². The molecular weight excluding hydrogens is 256 g/mol. The molecule has 0 aliphatic heterocycles. The van der Waals surface area contributed by atoms with E-state index in [1.807, 2.05) is 6.07 Å². The molecule has 98 valence electrons. The van der Waals surface area contributed by atoms with Crippen LogP contribution >= 0.6 is 23.7 Å². The molecule has 0 atom stereocenters. The second kappa shape index (κ2) is 7.69. The van der Waals surface area contributed by atoms with Crippen molar-refractivity contribution in [3.8, 4) is 0 Å². The Kier molecular flexibility index (Phi) is 7.43. The van der Waals surface area contributed by atoms with Crippen LogP contribution in [0.1, 0.15) is 31.6 Å². The molecule has 0 bridgehead atoms. The van der Waals surface area contributed by atoms with Gasteiger partial charge < -0.3 is 11.1 Å². The van der Waals surface area contributed by atoms with Gasteiger partial charge in [0.05, 0.1) is 0 Å². The van der Waals surface area contributed by atoms with E-state index in [0.29, 0.717) is 19.5 Å². The van der Waals surface area contributed by atoms with E-state index in [9.17, 15) is 4.79 Å². The maximum absolute atomic E-state index is 11.5. The Hall–Kier alpha value is -0.580. The zero-order valence-corrected chi connectivity index (χ0v) is 12.0. The molecule has 0 aliphatic carbocycles. The highest BCUT2D eigenvalue weighted by atomic mass is 35.5. The highest BCUT2D eigenvalue weighted by Gasteiger charge is 2.22. The van der Waals surface area contributed by atoms with Crippen LogP contribution in [-0.4, -0.2) is 19.0 Å². The Morgan fingerprint density at radius 3 is 2.76 bits per heavy atom. The summed E-state index contributed by atoms with van der Waals surface area (Å²) in [5.74, 6) is 0.0927. The van der Waals surface area contributed by atoms with Crippen molar-refractivity contribution < 1.29 is 4.79 Å². The van der Waals surface area contributed by atoms with Crippen molar-refractivity contribution >= 4 is 29.7 Å². The van der Waals surface area contributed by atoms with Gasteiger partial charge in [0.2, 0.25) is 5.91 Å². The number of nitrogens with two attached hydrogens (primary N) is 1. The van der Waals surface area contributed by atoms with E-state index >= 15 is 0 Å². The smallest absolute Gasteiger partial charge is 0.220 e. The van der Waals surface area contributed by atoms with Crippen molar-refractivity contribution in [1.82, 2.24) is 5.32 Å². The van der Waals surface area contributed by atoms with E-state index < -0.39 is 0 Å². The number of carbonyl (C=O) groups is 1. The maximum Gasteiger partial charge on any atom is 0.220 e. The molecule has 0 unspecified atom stereocenters. The number of thiophene rings is 1. The minimum absolute atomic E-state index is 0. The zero-order valence-electron chi connectivity index (χ0n) is 10.4. The fourth-order valence-electron chi connectivity index (χ4n) is 1.42. The Balaban J connectivity index is 0.00000256. The van der Waals surface area contributed by atoms with Crippen LogP contribution in [0, 0.1) is 0 Å². The summed E-state index contributed by atoms with van der Waals surface area (Å²) in [5.41, 5.74) is 5.36. The number of hydrogen-bond acceptors (Lipinski definition) is 3. The lowest BCUT2D eigenvalue weighted by molar-refractivity contribution is -0.121. The first-order valence-electron chi connectivity index (χ1n) is 5.57.